The van der Waals surface area contributed by atoms with Crippen molar-refractivity contribution in [2.75, 3.05) is 13.7 Å². The predicted molar refractivity (Wildman–Crippen MR) is 107 cm³/mol. The van der Waals surface area contributed by atoms with Crippen molar-refractivity contribution in [1.29, 1.82) is 0 Å². The number of amides is 1. The number of fused-ring (bicyclic) bond motifs is 1. The van der Waals surface area contributed by atoms with Crippen molar-refractivity contribution in [2.24, 2.45) is 7.05 Å². The molecule has 2 aromatic carbocycles. The summed E-state index contributed by atoms with van der Waals surface area (Å²) in [5, 5.41) is 4.30. The van der Waals surface area contributed by atoms with E-state index in [1.807, 2.05) is 55.3 Å². The van der Waals surface area contributed by atoms with Crippen molar-refractivity contribution >= 4 is 5.91 Å². The molecular weight excluding hydrogens is 352 g/mol. The van der Waals surface area contributed by atoms with E-state index in [4.69, 9.17) is 4.74 Å². The summed E-state index contributed by atoms with van der Waals surface area (Å²) in [5.74, 6) is 2.32. The number of hydrogen-bond acceptors (Lipinski definition) is 4. The molecule has 0 fully saturated rings. The fourth-order valence-corrected chi connectivity index (χ4v) is 3.92. The van der Waals surface area contributed by atoms with Gasteiger partial charge >= 0.3 is 0 Å². The molecule has 1 aliphatic heterocycles. The minimum Gasteiger partial charge on any atom is -0.497 e. The number of methoxy groups -OCH3 is 1. The van der Waals surface area contributed by atoms with Crippen LogP contribution in [0.2, 0.25) is 0 Å². The summed E-state index contributed by atoms with van der Waals surface area (Å²) in [7, 11) is 3.53. The molecule has 1 aliphatic rings. The Morgan fingerprint density at radius 1 is 1.21 bits per heavy atom. The topological polar surface area (TPSA) is 60.2 Å². The normalized spacial score (nSPS) is 16.0. The zero-order chi connectivity index (χ0) is 19.8. The summed E-state index contributed by atoms with van der Waals surface area (Å²) in [5.41, 5.74) is 3.98. The van der Waals surface area contributed by atoms with Crippen LogP contribution >= 0.6 is 0 Å². The summed E-state index contributed by atoms with van der Waals surface area (Å²) in [6.07, 6.45) is 0.845. The first-order valence-corrected chi connectivity index (χ1v) is 9.44. The highest BCUT2D eigenvalue weighted by molar-refractivity contribution is 5.95. The van der Waals surface area contributed by atoms with Crippen LogP contribution in [0.15, 0.2) is 42.5 Å². The van der Waals surface area contributed by atoms with Crippen LogP contribution in [0.4, 0.5) is 0 Å². The molecule has 28 heavy (non-hydrogen) atoms. The summed E-state index contributed by atoms with van der Waals surface area (Å²) in [6, 6.07) is 13.7. The molecule has 2 heterocycles. The van der Waals surface area contributed by atoms with Gasteiger partial charge in [-0.1, -0.05) is 18.2 Å². The first-order chi connectivity index (χ1) is 13.5. The average molecular weight is 376 g/mol. The van der Waals surface area contributed by atoms with Gasteiger partial charge in [-0.25, -0.2) is 9.67 Å². The van der Waals surface area contributed by atoms with Crippen molar-refractivity contribution < 1.29 is 9.53 Å². The van der Waals surface area contributed by atoms with E-state index in [0.29, 0.717) is 17.9 Å². The maximum absolute atomic E-state index is 13.3. The van der Waals surface area contributed by atoms with E-state index in [1.165, 1.54) is 5.56 Å². The van der Waals surface area contributed by atoms with E-state index in [9.17, 15) is 4.79 Å². The van der Waals surface area contributed by atoms with Crippen molar-refractivity contribution in [3.05, 3.63) is 65.0 Å². The molecule has 0 aliphatic carbocycles. The lowest BCUT2D eigenvalue weighted by Gasteiger charge is -2.35. The largest absolute Gasteiger partial charge is 0.497 e. The molecule has 0 bridgehead atoms. The fraction of sp³-hybridized carbons (Fsp3) is 0.318. The molecule has 4 rings (SSSR count). The van der Waals surface area contributed by atoms with E-state index in [1.54, 1.807) is 11.8 Å². The fourth-order valence-electron chi connectivity index (χ4n) is 3.92. The van der Waals surface area contributed by atoms with E-state index < -0.39 is 0 Å². The maximum atomic E-state index is 13.3. The van der Waals surface area contributed by atoms with E-state index >= 15 is 0 Å². The van der Waals surface area contributed by atoms with Crippen LogP contribution in [0.5, 0.6) is 5.75 Å². The van der Waals surface area contributed by atoms with Crippen molar-refractivity contribution in [1.82, 2.24) is 19.7 Å². The van der Waals surface area contributed by atoms with Crippen LogP contribution in [0, 0.1) is 6.92 Å². The van der Waals surface area contributed by atoms with Gasteiger partial charge < -0.3 is 9.64 Å². The molecule has 144 valence electrons. The Hall–Kier alpha value is -3.15. The zero-order valence-electron chi connectivity index (χ0n) is 16.6. The molecule has 1 aromatic heterocycles. The van der Waals surface area contributed by atoms with E-state index in [-0.39, 0.29) is 11.9 Å². The smallest absolute Gasteiger partial charge is 0.254 e. The third-order valence-electron chi connectivity index (χ3n) is 5.39. The monoisotopic (exact) mass is 376 g/mol. The molecule has 0 N–H and O–H groups in total. The number of rotatable bonds is 3. The van der Waals surface area contributed by atoms with Crippen LogP contribution in [0.25, 0.3) is 11.4 Å². The molecule has 1 atom stereocenters. The Morgan fingerprint density at radius 3 is 2.75 bits per heavy atom. The number of carbonyl (C=O) groups is 1. The van der Waals surface area contributed by atoms with Gasteiger partial charge in [0.25, 0.3) is 5.91 Å². The molecule has 0 saturated heterocycles. The Bertz CT molecular complexity index is 1040. The Balaban J connectivity index is 1.65. The standard InChI is InChI=1S/C22H24N4O2/c1-14-20-13-19(28-4)9-8-16(20)10-11-26(14)22(27)18-7-5-6-17(12-18)21-23-15(2)24-25(21)3/h5-9,12-14H,10-11H2,1-4H3. The van der Waals surface area contributed by atoms with E-state index in [0.717, 1.165) is 29.1 Å². The molecule has 1 amide bonds. The Kier molecular flexibility index (Phi) is 4.63. The van der Waals surface area contributed by atoms with Gasteiger partial charge in [-0.2, -0.15) is 5.10 Å². The van der Waals surface area contributed by atoms with Crippen LogP contribution in [-0.2, 0) is 13.5 Å². The van der Waals surface area contributed by atoms with Gasteiger partial charge in [-0.15, -0.1) is 0 Å². The van der Waals surface area contributed by atoms with Gasteiger partial charge in [0.2, 0.25) is 0 Å². The number of benzene rings is 2. The third kappa shape index (κ3) is 3.15. The quantitative estimate of drug-likeness (QED) is 0.701. The van der Waals surface area contributed by atoms with Gasteiger partial charge in [0.15, 0.2) is 5.82 Å². The molecular formula is C22H24N4O2. The van der Waals surface area contributed by atoms with Gasteiger partial charge in [0.05, 0.1) is 13.2 Å². The van der Waals surface area contributed by atoms with Gasteiger partial charge in [-0.05, 0) is 55.7 Å². The number of aryl methyl sites for hydroxylation is 2. The number of ether oxygens (including phenoxy) is 1. The highest BCUT2D eigenvalue weighted by Crippen LogP contribution is 2.33. The van der Waals surface area contributed by atoms with Crippen LogP contribution in [0.3, 0.4) is 0 Å². The molecule has 6 nitrogen and oxygen atoms in total. The van der Waals surface area contributed by atoms with Crippen molar-refractivity contribution in [3.8, 4) is 17.1 Å². The Morgan fingerprint density at radius 2 is 2.04 bits per heavy atom. The summed E-state index contributed by atoms with van der Waals surface area (Å²) in [4.78, 5) is 19.7. The highest BCUT2D eigenvalue weighted by Gasteiger charge is 2.29. The van der Waals surface area contributed by atoms with Gasteiger partial charge in [0.1, 0.15) is 11.6 Å². The number of nitrogens with zero attached hydrogens (tertiary/aromatic N) is 4. The lowest BCUT2D eigenvalue weighted by atomic mass is 9.92. The summed E-state index contributed by atoms with van der Waals surface area (Å²) >= 11 is 0. The zero-order valence-corrected chi connectivity index (χ0v) is 16.6. The maximum Gasteiger partial charge on any atom is 0.254 e. The minimum absolute atomic E-state index is 0.00733. The summed E-state index contributed by atoms with van der Waals surface area (Å²) < 4.78 is 7.11. The SMILES string of the molecule is COc1ccc2c(c1)C(C)N(C(=O)c1cccc(-c3nc(C)nn3C)c1)CC2. The molecule has 3 aromatic rings. The second kappa shape index (κ2) is 7.11. The predicted octanol–water partition coefficient (Wildman–Crippen LogP) is 3.56. The van der Waals surface area contributed by atoms with E-state index in [2.05, 4.69) is 23.1 Å². The number of carbonyl (C=O) groups excluding carboxylic acids is 1. The van der Waals surface area contributed by atoms with Crippen molar-refractivity contribution in [2.45, 2.75) is 26.3 Å². The molecule has 1 unspecified atom stereocenters. The lowest BCUT2D eigenvalue weighted by molar-refractivity contribution is 0.0677. The molecule has 0 spiro atoms. The van der Waals surface area contributed by atoms with Crippen LogP contribution < -0.4 is 4.74 Å². The molecule has 6 heteroatoms. The van der Waals surface area contributed by atoms with Gasteiger partial charge in [0, 0.05) is 24.7 Å². The second-order valence-corrected chi connectivity index (χ2v) is 7.18. The summed E-state index contributed by atoms with van der Waals surface area (Å²) in [6.45, 7) is 4.64. The van der Waals surface area contributed by atoms with Crippen LogP contribution in [0.1, 0.15) is 40.3 Å². The average Bonchev–Trinajstić information content (AvgIpc) is 3.06. The molecule has 0 radical (unpaired) electrons. The van der Waals surface area contributed by atoms with Gasteiger partial charge in [-0.3, -0.25) is 4.79 Å². The second-order valence-electron chi connectivity index (χ2n) is 7.18. The first kappa shape index (κ1) is 18.2. The van der Waals surface area contributed by atoms with Crippen molar-refractivity contribution in [3.63, 3.8) is 0 Å². The minimum atomic E-state index is -0.00733. The lowest BCUT2D eigenvalue weighted by Crippen LogP contribution is -2.38. The Labute approximate surface area is 164 Å². The highest BCUT2D eigenvalue weighted by atomic mass is 16.5. The number of hydrogen-bond donors (Lipinski definition) is 0. The number of aromatic nitrogens is 3. The third-order valence-corrected chi connectivity index (χ3v) is 5.39. The van der Waals surface area contributed by atoms with Crippen LogP contribution in [-0.4, -0.2) is 39.2 Å². The molecule has 0 saturated carbocycles. The first-order valence-electron chi connectivity index (χ1n) is 9.44.